The average Bonchev–Trinajstić information content (AvgIpc) is 3.52. The number of hydrogen-bond donors (Lipinski definition) is 4. The van der Waals surface area contributed by atoms with Gasteiger partial charge in [0.1, 0.15) is 34.8 Å². The maximum atomic E-state index is 15.0. The lowest BCUT2D eigenvalue weighted by Gasteiger charge is -2.39. The number of carbonyl (C=O) groups is 5. The van der Waals surface area contributed by atoms with E-state index in [1.807, 2.05) is 17.0 Å². The van der Waals surface area contributed by atoms with Gasteiger partial charge in [-0.15, -0.1) is 0 Å². The quantitative estimate of drug-likeness (QED) is 0.318. The van der Waals surface area contributed by atoms with Crippen LogP contribution in [0, 0.1) is 30.6 Å². The maximum absolute atomic E-state index is 15.0. The molecule has 5 bridgehead atoms. The molecule has 332 valence electrons. The number of ketones is 3. The summed E-state index contributed by atoms with van der Waals surface area (Å²) < 4.78 is 23.6. The van der Waals surface area contributed by atoms with Crippen LogP contribution in [0.5, 0.6) is 11.5 Å². The Morgan fingerprint density at radius 1 is 0.903 bits per heavy atom. The summed E-state index contributed by atoms with van der Waals surface area (Å²) >= 11 is 0. The van der Waals surface area contributed by atoms with Gasteiger partial charge in [-0.25, -0.2) is 4.98 Å². The number of allylic oxidation sites excluding steroid dienone is 4. The number of Topliss-reactive ketones (excluding diaryl/α,β-unsaturated/α-hetero) is 3. The van der Waals surface area contributed by atoms with Crippen molar-refractivity contribution in [1.82, 2.24) is 15.2 Å². The third kappa shape index (κ3) is 8.50. The van der Waals surface area contributed by atoms with Crippen LogP contribution in [-0.4, -0.2) is 118 Å². The van der Waals surface area contributed by atoms with Crippen molar-refractivity contribution in [1.29, 1.82) is 0 Å². The molecule has 16 nitrogen and oxygen atoms in total. The number of aromatic nitrogens is 1. The van der Waals surface area contributed by atoms with Crippen LogP contribution in [0.2, 0.25) is 0 Å². The predicted molar refractivity (Wildman–Crippen MR) is 226 cm³/mol. The molecule has 0 spiro atoms. The van der Waals surface area contributed by atoms with Gasteiger partial charge in [-0.1, -0.05) is 52.0 Å². The van der Waals surface area contributed by atoms with E-state index in [1.165, 1.54) is 53.2 Å². The lowest BCUT2D eigenvalue weighted by atomic mass is 9.78. The predicted octanol–water partition coefficient (Wildman–Crippen LogP) is 4.18. The van der Waals surface area contributed by atoms with Gasteiger partial charge in [0.25, 0.3) is 11.7 Å². The number of fused-ring (bicyclic) bond motifs is 14. The molecule has 7 rings (SSSR count). The number of carbonyl (C=O) groups excluding carboxylic acids is 5. The van der Waals surface area contributed by atoms with Crippen molar-refractivity contribution in [2.24, 2.45) is 23.7 Å². The number of aromatic hydroxyl groups is 1. The Labute approximate surface area is 360 Å². The fourth-order valence-electron chi connectivity index (χ4n) is 8.68. The standard InChI is InChI=1S/C46H56N4O12/c1-23-13-12-14-24(2)45(58)48-35-36(50-20-18-49(19-21-50)31-15-10-11-17-47-31)41(56)32-33(40(35)55)39(54)28(6)43-34(32)44(57)46(8,62-43)60-22-16-30(59-9)25(3)42(61-29(7)51)27(5)38(53)26(4)37(23)52/h10-17,22-23,25-27,30,37-38,42,52-54H,18-21H2,1-9H3,(H,48,58)/b13-12+,22-16+,24-14-/t23-,25+,26+,27-,30-,37-,38-,42+,46-/m0/s1. The topological polar surface area (TPSA) is 214 Å². The number of pyridine rings is 1. The number of esters is 1. The van der Waals surface area contributed by atoms with E-state index in [-0.39, 0.29) is 52.5 Å². The Kier molecular flexibility index (Phi) is 13.4. The van der Waals surface area contributed by atoms with Gasteiger partial charge in [0.05, 0.1) is 41.3 Å². The van der Waals surface area contributed by atoms with E-state index in [0.717, 1.165) is 5.82 Å². The van der Waals surface area contributed by atoms with Crippen LogP contribution in [-0.2, 0) is 23.8 Å². The minimum absolute atomic E-state index is 0.0000801. The van der Waals surface area contributed by atoms with Crippen molar-refractivity contribution in [3.63, 3.8) is 0 Å². The van der Waals surface area contributed by atoms with Crippen molar-refractivity contribution in [3.8, 4) is 11.5 Å². The number of aliphatic hydroxyl groups excluding tert-OH is 2. The molecular weight excluding hydrogens is 801 g/mol. The Hall–Kier alpha value is -5.84. The van der Waals surface area contributed by atoms with E-state index in [0.29, 0.717) is 13.1 Å². The monoisotopic (exact) mass is 856 g/mol. The van der Waals surface area contributed by atoms with Gasteiger partial charge in [0, 0.05) is 88.1 Å². The summed E-state index contributed by atoms with van der Waals surface area (Å²) in [6, 6.07) is 5.53. The summed E-state index contributed by atoms with van der Waals surface area (Å²) in [7, 11) is 1.43. The molecule has 1 amide bonds. The van der Waals surface area contributed by atoms with Crippen molar-refractivity contribution >= 4 is 35.0 Å². The number of nitrogens with one attached hydrogen (secondary N) is 1. The number of hydrogen-bond acceptors (Lipinski definition) is 15. The largest absolute Gasteiger partial charge is 0.507 e. The molecule has 0 radical (unpaired) electrons. The van der Waals surface area contributed by atoms with Crippen LogP contribution < -0.4 is 15.0 Å². The van der Waals surface area contributed by atoms with Gasteiger partial charge in [0.15, 0.2) is 0 Å². The summed E-state index contributed by atoms with van der Waals surface area (Å²) in [5.74, 6) is -8.42. The first-order chi connectivity index (χ1) is 29.3. The highest BCUT2D eigenvalue weighted by Gasteiger charge is 2.53. The molecule has 1 aromatic heterocycles. The minimum atomic E-state index is -2.09. The zero-order chi connectivity index (χ0) is 45.4. The first-order valence-corrected chi connectivity index (χ1v) is 20.8. The SMILES string of the molecule is CO[C@H]1/C=C/O[C@@]2(C)Oc3c(C)c(O)c4c(c3C2=O)C(=O)C(N2CCN(c3ccccn3)CC2)=C(NC(=O)/C(C)=C\C=C\[C@H](C)[C@H](O)[C@@H](C)[C@H](O)[C@H](C)[C@H](OC(C)=O)[C@@H]1C)C4=O. The lowest BCUT2D eigenvalue weighted by molar-refractivity contribution is -0.160. The van der Waals surface area contributed by atoms with Crippen molar-refractivity contribution < 1.29 is 58.2 Å². The van der Waals surface area contributed by atoms with Gasteiger partial charge in [-0.05, 0) is 32.1 Å². The molecule has 4 aliphatic heterocycles. The lowest BCUT2D eigenvalue weighted by Crippen LogP contribution is -2.50. The van der Waals surface area contributed by atoms with E-state index in [1.54, 1.807) is 57.0 Å². The number of piperazine rings is 1. The molecule has 4 N–H and O–H groups in total. The number of ether oxygens (including phenoxy) is 4. The molecule has 1 saturated heterocycles. The smallest absolute Gasteiger partial charge is 0.312 e. The molecule has 1 aliphatic carbocycles. The second-order valence-corrected chi connectivity index (χ2v) is 16.7. The molecule has 2 aromatic rings. The van der Waals surface area contributed by atoms with E-state index >= 15 is 4.79 Å². The maximum Gasteiger partial charge on any atom is 0.312 e. The van der Waals surface area contributed by atoms with Gasteiger partial charge in [-0.2, -0.15) is 0 Å². The summed E-state index contributed by atoms with van der Waals surface area (Å²) in [6.45, 7) is 13.7. The number of anilines is 1. The molecule has 5 heterocycles. The molecule has 0 unspecified atom stereocenters. The van der Waals surface area contributed by atoms with Crippen molar-refractivity contribution in [2.75, 3.05) is 38.2 Å². The number of methoxy groups -OCH3 is 1. The van der Waals surface area contributed by atoms with Crippen LogP contribution in [0.1, 0.15) is 85.1 Å². The summed E-state index contributed by atoms with van der Waals surface area (Å²) in [6.07, 6.45) is 5.12. The highest BCUT2D eigenvalue weighted by molar-refractivity contribution is 6.32. The first kappa shape index (κ1) is 45.7. The normalized spacial score (nSPS) is 31.8. The molecule has 9 atom stereocenters. The van der Waals surface area contributed by atoms with Crippen LogP contribution in [0.15, 0.2) is 71.9 Å². The van der Waals surface area contributed by atoms with Gasteiger partial charge >= 0.3 is 11.8 Å². The second kappa shape index (κ2) is 18.2. The number of phenolic OH excluding ortho intramolecular Hbond substituents is 1. The van der Waals surface area contributed by atoms with E-state index in [9.17, 15) is 34.5 Å². The third-order valence-corrected chi connectivity index (χ3v) is 12.5. The zero-order valence-corrected chi connectivity index (χ0v) is 36.5. The minimum Gasteiger partial charge on any atom is -0.507 e. The van der Waals surface area contributed by atoms with Gasteiger partial charge < -0.3 is 49.4 Å². The fourth-order valence-corrected chi connectivity index (χ4v) is 8.68. The second-order valence-electron chi connectivity index (χ2n) is 16.7. The molecule has 5 aliphatic rings. The highest BCUT2D eigenvalue weighted by atomic mass is 16.7. The Bertz CT molecular complexity index is 2240. The number of phenols is 1. The molecule has 16 heteroatoms. The molecular formula is C46H56N4O12. The summed E-state index contributed by atoms with van der Waals surface area (Å²) in [5, 5.41) is 37.2. The average molecular weight is 857 g/mol. The third-order valence-electron chi connectivity index (χ3n) is 12.5. The number of benzene rings is 1. The Morgan fingerprint density at radius 3 is 2.21 bits per heavy atom. The van der Waals surface area contributed by atoms with Gasteiger partial charge in [-0.3, -0.25) is 24.0 Å². The fraction of sp³-hybridized carbons (Fsp3) is 0.478. The number of aliphatic hydroxyl groups is 2. The van der Waals surface area contributed by atoms with Crippen LogP contribution in [0.4, 0.5) is 5.82 Å². The van der Waals surface area contributed by atoms with Crippen LogP contribution in [0.25, 0.3) is 0 Å². The Morgan fingerprint density at radius 2 is 1.58 bits per heavy atom. The summed E-state index contributed by atoms with van der Waals surface area (Å²) in [4.78, 5) is 78.6. The van der Waals surface area contributed by atoms with E-state index in [4.69, 9.17) is 18.9 Å². The molecule has 1 aromatic carbocycles. The molecule has 0 saturated carbocycles. The Balaban J connectivity index is 1.47. The van der Waals surface area contributed by atoms with Crippen molar-refractivity contribution in [3.05, 3.63) is 94.2 Å². The molecule has 1 fully saturated rings. The van der Waals surface area contributed by atoms with Crippen LogP contribution >= 0.6 is 0 Å². The van der Waals surface area contributed by atoms with Crippen molar-refractivity contribution in [2.45, 2.75) is 85.6 Å². The number of nitrogens with zero attached hydrogens (tertiary/aromatic N) is 3. The zero-order valence-electron chi connectivity index (χ0n) is 36.5. The summed E-state index contributed by atoms with van der Waals surface area (Å²) in [5.41, 5.74) is -1.46. The first-order valence-electron chi connectivity index (χ1n) is 20.8. The van der Waals surface area contributed by atoms with Gasteiger partial charge in [0.2, 0.25) is 11.6 Å². The highest BCUT2D eigenvalue weighted by Crippen LogP contribution is 2.49. The van der Waals surface area contributed by atoms with E-state index < -0.39 is 94.4 Å². The van der Waals surface area contributed by atoms with Crippen LogP contribution in [0.3, 0.4) is 0 Å². The van der Waals surface area contributed by atoms with E-state index in [2.05, 4.69) is 10.3 Å². The number of rotatable bonds is 4. The molecule has 62 heavy (non-hydrogen) atoms. The number of amides is 1.